The predicted molar refractivity (Wildman–Crippen MR) is 105 cm³/mol. The zero-order chi connectivity index (χ0) is 18.4. The maximum Gasteiger partial charge on any atom is 0.193 e. The average Bonchev–Trinajstić information content (AvgIpc) is 2.58. The molecule has 0 spiro atoms. The Morgan fingerprint density at radius 1 is 1.16 bits per heavy atom. The van der Waals surface area contributed by atoms with Gasteiger partial charge in [0.15, 0.2) is 5.96 Å². The third-order valence-electron chi connectivity index (χ3n) is 4.32. The molecule has 1 atom stereocenters. The lowest BCUT2D eigenvalue weighted by Gasteiger charge is -2.23. The number of ether oxygens (including phenoxy) is 1. The van der Waals surface area contributed by atoms with Crippen LogP contribution in [0.5, 0.6) is 5.75 Å². The fourth-order valence-corrected chi connectivity index (χ4v) is 2.61. The van der Waals surface area contributed by atoms with E-state index in [9.17, 15) is 0 Å². The molecule has 3 N–H and O–H groups in total. The monoisotopic (exact) mass is 340 g/mol. The second kappa shape index (κ2) is 8.53. The normalized spacial score (nSPS) is 13.0. The van der Waals surface area contributed by atoms with Crippen LogP contribution in [0.25, 0.3) is 0 Å². The van der Waals surface area contributed by atoms with Gasteiger partial charge in [-0.1, -0.05) is 18.2 Å². The van der Waals surface area contributed by atoms with Gasteiger partial charge in [-0.2, -0.15) is 0 Å². The average molecular weight is 340 g/mol. The van der Waals surface area contributed by atoms with Crippen LogP contribution in [0, 0.1) is 13.8 Å². The number of methoxy groups -OCH3 is 1. The quantitative estimate of drug-likeness (QED) is 0.625. The van der Waals surface area contributed by atoms with E-state index in [1.807, 2.05) is 38.4 Å². The second-order valence-electron chi connectivity index (χ2n) is 6.41. The minimum atomic E-state index is 0.121. The summed E-state index contributed by atoms with van der Waals surface area (Å²) in [4.78, 5) is 6.65. The molecule has 0 aromatic heterocycles. The molecule has 0 aliphatic carbocycles. The lowest BCUT2D eigenvalue weighted by molar-refractivity contribution is 0.305. The number of hydrogen-bond acceptors (Lipinski definition) is 3. The summed E-state index contributed by atoms with van der Waals surface area (Å²) in [6, 6.07) is 14.3. The molecule has 0 saturated carbocycles. The van der Waals surface area contributed by atoms with E-state index < -0.39 is 0 Å². The third-order valence-corrected chi connectivity index (χ3v) is 4.32. The lowest BCUT2D eigenvalue weighted by atomic mass is 10.1. The summed E-state index contributed by atoms with van der Waals surface area (Å²) in [7, 11) is 5.74. The molecule has 2 aromatic rings. The molecule has 0 aliphatic heterocycles. The van der Waals surface area contributed by atoms with E-state index in [0.717, 1.165) is 17.0 Å². The molecule has 1 unspecified atom stereocenters. The predicted octanol–water partition coefficient (Wildman–Crippen LogP) is 3.34. The summed E-state index contributed by atoms with van der Waals surface area (Å²) in [5.41, 5.74) is 10.6. The minimum absolute atomic E-state index is 0.121. The largest absolute Gasteiger partial charge is 0.497 e. The molecule has 5 nitrogen and oxygen atoms in total. The maximum absolute atomic E-state index is 6.07. The highest BCUT2D eigenvalue weighted by atomic mass is 16.5. The minimum Gasteiger partial charge on any atom is -0.497 e. The van der Waals surface area contributed by atoms with Gasteiger partial charge in [-0.15, -0.1) is 0 Å². The molecule has 25 heavy (non-hydrogen) atoms. The van der Waals surface area contributed by atoms with Crippen molar-refractivity contribution in [3.8, 4) is 5.75 Å². The van der Waals surface area contributed by atoms with E-state index in [0.29, 0.717) is 12.5 Å². The van der Waals surface area contributed by atoms with Gasteiger partial charge in [0.05, 0.1) is 19.7 Å². The summed E-state index contributed by atoms with van der Waals surface area (Å²) >= 11 is 0. The van der Waals surface area contributed by atoms with Gasteiger partial charge in [0, 0.05) is 5.69 Å². The molecule has 134 valence electrons. The fraction of sp³-hybridized carbons (Fsp3) is 0.350. The van der Waals surface area contributed by atoms with E-state index in [1.165, 1.54) is 11.1 Å². The number of nitrogens with two attached hydrogens (primary N) is 1. The molecule has 2 aromatic carbocycles. The number of likely N-dealkylation sites (N-methyl/N-ethyl adjacent to an activating group) is 1. The molecule has 0 saturated heterocycles. The van der Waals surface area contributed by atoms with Crippen molar-refractivity contribution in [1.29, 1.82) is 0 Å². The topological polar surface area (TPSA) is 62.9 Å². The summed E-state index contributed by atoms with van der Waals surface area (Å²) in [6.45, 7) is 4.73. The highest BCUT2D eigenvalue weighted by molar-refractivity contribution is 5.92. The first-order valence-electron chi connectivity index (χ1n) is 8.35. The molecule has 2 rings (SSSR count). The Labute approximate surface area is 150 Å². The number of anilines is 1. The van der Waals surface area contributed by atoms with Crippen molar-refractivity contribution in [2.45, 2.75) is 19.9 Å². The molecule has 0 fully saturated rings. The smallest absolute Gasteiger partial charge is 0.193 e. The summed E-state index contributed by atoms with van der Waals surface area (Å²) in [6.07, 6.45) is 0. The maximum atomic E-state index is 6.07. The molecule has 0 radical (unpaired) electrons. The van der Waals surface area contributed by atoms with E-state index in [2.05, 4.69) is 47.3 Å². The van der Waals surface area contributed by atoms with Crippen molar-refractivity contribution in [1.82, 2.24) is 4.90 Å². The zero-order valence-electron chi connectivity index (χ0n) is 15.7. The first-order valence-corrected chi connectivity index (χ1v) is 8.35. The highest BCUT2D eigenvalue weighted by Crippen LogP contribution is 2.23. The standard InChI is InChI=1S/C20H28N4O/c1-14-9-10-17(11-15(14)2)23-20(21)22-13-19(24(3)4)16-7-6-8-18(12-16)25-5/h6-12,19H,13H2,1-5H3,(H3,21,22,23). The van der Waals surface area contributed by atoms with Gasteiger partial charge in [0.1, 0.15) is 5.75 Å². The van der Waals surface area contributed by atoms with Crippen molar-refractivity contribution in [2.75, 3.05) is 33.1 Å². The molecule has 0 amide bonds. The van der Waals surface area contributed by atoms with Crippen LogP contribution in [0.1, 0.15) is 22.7 Å². The molecule has 5 heteroatoms. The Morgan fingerprint density at radius 2 is 1.92 bits per heavy atom. The van der Waals surface area contributed by atoms with Crippen LogP contribution < -0.4 is 15.8 Å². The molecule has 0 bridgehead atoms. The van der Waals surface area contributed by atoms with E-state index in [-0.39, 0.29) is 6.04 Å². The van der Waals surface area contributed by atoms with Crippen molar-refractivity contribution < 1.29 is 4.74 Å². The first kappa shape index (κ1) is 18.8. The molecule has 0 aliphatic rings. The van der Waals surface area contributed by atoms with Crippen LogP contribution in [-0.4, -0.2) is 38.6 Å². The number of hydrogen-bond donors (Lipinski definition) is 2. The molecule has 0 heterocycles. The summed E-state index contributed by atoms with van der Waals surface area (Å²) < 4.78 is 5.32. The van der Waals surface area contributed by atoms with Gasteiger partial charge in [0.25, 0.3) is 0 Å². The van der Waals surface area contributed by atoms with Crippen LogP contribution in [0.4, 0.5) is 5.69 Å². The van der Waals surface area contributed by atoms with Gasteiger partial charge in [-0.05, 0) is 68.9 Å². The van der Waals surface area contributed by atoms with Gasteiger partial charge in [0.2, 0.25) is 0 Å². The van der Waals surface area contributed by atoms with Crippen molar-refractivity contribution in [3.05, 3.63) is 59.2 Å². The Hall–Kier alpha value is -2.53. The van der Waals surface area contributed by atoms with Crippen LogP contribution in [0.3, 0.4) is 0 Å². The van der Waals surface area contributed by atoms with Crippen molar-refractivity contribution in [2.24, 2.45) is 10.7 Å². The van der Waals surface area contributed by atoms with Crippen molar-refractivity contribution >= 4 is 11.6 Å². The SMILES string of the molecule is COc1cccc(C(CN=C(N)Nc2ccc(C)c(C)c2)N(C)C)c1. The van der Waals surface area contributed by atoms with Crippen LogP contribution in [-0.2, 0) is 0 Å². The van der Waals surface area contributed by atoms with Gasteiger partial charge in [-0.3, -0.25) is 4.99 Å². The Kier molecular flexibility index (Phi) is 6.42. The van der Waals surface area contributed by atoms with Crippen molar-refractivity contribution in [3.63, 3.8) is 0 Å². The van der Waals surface area contributed by atoms with E-state index >= 15 is 0 Å². The second-order valence-corrected chi connectivity index (χ2v) is 6.41. The number of nitrogens with one attached hydrogen (secondary N) is 1. The number of rotatable bonds is 6. The van der Waals surface area contributed by atoms with Crippen LogP contribution in [0.15, 0.2) is 47.5 Å². The number of guanidine groups is 1. The summed E-state index contributed by atoms with van der Waals surface area (Å²) in [5, 5.41) is 3.16. The summed E-state index contributed by atoms with van der Waals surface area (Å²) in [5.74, 6) is 1.26. The fourth-order valence-electron chi connectivity index (χ4n) is 2.61. The number of benzene rings is 2. The van der Waals surface area contributed by atoms with E-state index in [1.54, 1.807) is 7.11 Å². The Balaban J connectivity index is 2.10. The number of nitrogens with zero attached hydrogens (tertiary/aromatic N) is 2. The third kappa shape index (κ3) is 5.22. The number of aryl methyl sites for hydroxylation is 2. The van der Waals surface area contributed by atoms with E-state index in [4.69, 9.17) is 10.5 Å². The van der Waals surface area contributed by atoms with Gasteiger partial charge in [-0.25, -0.2) is 0 Å². The number of aliphatic imine (C=N–C) groups is 1. The zero-order valence-corrected chi connectivity index (χ0v) is 15.7. The van der Waals surface area contributed by atoms with Gasteiger partial charge >= 0.3 is 0 Å². The van der Waals surface area contributed by atoms with Gasteiger partial charge < -0.3 is 20.7 Å². The first-order chi connectivity index (χ1) is 11.9. The Bertz CT molecular complexity index is 740. The highest BCUT2D eigenvalue weighted by Gasteiger charge is 2.14. The molecular weight excluding hydrogens is 312 g/mol. The van der Waals surface area contributed by atoms with Crippen LogP contribution in [0.2, 0.25) is 0 Å². The lowest BCUT2D eigenvalue weighted by Crippen LogP contribution is -2.27. The Morgan fingerprint density at radius 3 is 2.56 bits per heavy atom. The molecular formula is C20H28N4O. The van der Waals surface area contributed by atoms with Crippen LogP contribution >= 0.6 is 0 Å².